The summed E-state index contributed by atoms with van der Waals surface area (Å²) in [6.45, 7) is 4.64. The number of nitrogens with zero attached hydrogens (tertiary/aromatic N) is 3. The van der Waals surface area contributed by atoms with Crippen molar-refractivity contribution in [1.29, 1.82) is 0 Å². The van der Waals surface area contributed by atoms with E-state index in [1.54, 1.807) is 0 Å². The molecule has 0 fully saturated rings. The predicted molar refractivity (Wildman–Crippen MR) is 546 cm³/mol. The molecule has 0 atom stereocenters. The Morgan fingerprint density at radius 1 is 0.182 bits per heavy atom. The van der Waals surface area contributed by atoms with Gasteiger partial charge in [-0.2, -0.15) is 0 Å². The summed E-state index contributed by atoms with van der Waals surface area (Å²) in [6, 6.07) is 153. The molecule has 1 aliphatic heterocycles. The first-order valence-electron chi connectivity index (χ1n) is 45.0. The zero-order valence-corrected chi connectivity index (χ0v) is 71.8. The summed E-state index contributed by atoms with van der Waals surface area (Å²) in [4.78, 5) is 2.41. The van der Waals surface area contributed by atoms with Crippen LogP contribution in [0.5, 0.6) is 0 Å². The number of hydrogen-bond acceptors (Lipinski definition) is 7. The standard InChI is InChI=1S/C48H29NO2.C39H27NO2.C36H21NO2/c1-3-11-30(12-4-1)32-21-24-41-39(28-32)40-29-33(31-13-5-2-6-14-31)22-25-42(40)49(41)35-16-9-15-34(27-35)36-18-10-20-44-46(36)47-45(50-44)26-23-38-37-17-7-8-19-43(37)51-48(38)47;1-39(2)29-15-4-6-17-31(29)40(32-18-7-5-16-30(32)39)25-12-9-11-24(23-25)26-14-10-20-34-36(26)37-35(41-34)22-21-28-27-13-3-8-19-33(27)42-38(28)37;1-4-15-29-25(11-1)26-12-2-5-16-30(26)37(29)23-10-7-9-22(21-23)24-14-8-18-32-34(24)35-33(38-32)20-19-28-27-13-3-6-17-31(27)39-36(28)35/h1-29H;3-23H,1-2H3;1-21H. The highest BCUT2D eigenvalue weighted by Crippen LogP contribution is 2.54. The van der Waals surface area contributed by atoms with Gasteiger partial charge >= 0.3 is 0 Å². The summed E-state index contributed by atoms with van der Waals surface area (Å²) >= 11 is 0. The minimum atomic E-state index is -0.0967. The number of rotatable bonds is 8. The van der Waals surface area contributed by atoms with E-state index < -0.39 is 0 Å². The molecule has 0 N–H and O–H groups in total. The minimum Gasteiger partial charge on any atom is -0.456 e. The molecule has 0 aliphatic carbocycles. The Kier molecular flexibility index (Phi) is 16.6. The van der Waals surface area contributed by atoms with Gasteiger partial charge in [0.05, 0.1) is 49.6 Å². The molecule has 8 aromatic heterocycles. The number of anilines is 3. The lowest BCUT2D eigenvalue weighted by molar-refractivity contribution is 0.632. The summed E-state index contributed by atoms with van der Waals surface area (Å²) < 4.78 is 43.4. The maximum absolute atomic E-state index is 6.52. The molecule has 9 heteroatoms. The lowest BCUT2D eigenvalue weighted by Gasteiger charge is -2.42. The van der Waals surface area contributed by atoms with Gasteiger partial charge in [0.1, 0.15) is 67.0 Å². The molecule has 0 unspecified atom stereocenters. The Morgan fingerprint density at radius 3 is 0.886 bits per heavy atom. The largest absolute Gasteiger partial charge is 0.456 e. The van der Waals surface area contributed by atoms with Gasteiger partial charge in [-0.25, -0.2) is 0 Å². The Morgan fingerprint density at radius 2 is 0.485 bits per heavy atom. The van der Waals surface area contributed by atoms with Crippen molar-refractivity contribution in [2.24, 2.45) is 0 Å². The van der Waals surface area contributed by atoms with Crippen LogP contribution < -0.4 is 4.90 Å². The van der Waals surface area contributed by atoms with Crippen molar-refractivity contribution >= 4 is 192 Å². The van der Waals surface area contributed by atoms with Crippen molar-refractivity contribution in [3.8, 4) is 67.0 Å². The summed E-state index contributed by atoms with van der Waals surface area (Å²) in [5.41, 5.74) is 35.0. The van der Waals surface area contributed by atoms with E-state index in [9.17, 15) is 0 Å². The summed E-state index contributed by atoms with van der Waals surface area (Å²) in [7, 11) is 0. The fourth-order valence-electron chi connectivity index (χ4n) is 21.5. The quantitative estimate of drug-likeness (QED) is 0.150. The Balaban J connectivity index is 0.000000102. The lowest BCUT2D eigenvalue weighted by Crippen LogP contribution is -2.30. The minimum absolute atomic E-state index is 0.0967. The molecule has 0 amide bonds. The van der Waals surface area contributed by atoms with E-state index in [-0.39, 0.29) is 5.41 Å². The monoisotopic (exact) mass is 1690 g/mol. The molecule has 0 saturated heterocycles. The SMILES string of the molecule is CC1(C)c2ccccc2N(c2cccc(-c3cccc4oc5ccc6c7ccccc7oc6c5c34)c2)c2ccccc21.c1cc(-c2cccc3oc4ccc5c6ccccc6oc5c4c23)cc(-n2c3ccccc3c3ccccc32)c1.c1ccc(-c2ccc3c(c2)c2cc(-c4ccccc4)ccc2n3-c2cccc(-c3cccc4oc5ccc6c7ccccc7oc6c5c34)c2)cc1. The van der Waals surface area contributed by atoms with Crippen molar-refractivity contribution in [1.82, 2.24) is 9.13 Å². The van der Waals surface area contributed by atoms with Crippen LogP contribution in [0.3, 0.4) is 0 Å². The third kappa shape index (κ3) is 11.5. The number of benzene rings is 20. The second kappa shape index (κ2) is 29.3. The van der Waals surface area contributed by atoms with E-state index in [0.29, 0.717) is 0 Å². The molecule has 1 aliphatic rings. The average molecular weight is 1690 g/mol. The molecule has 28 aromatic rings. The highest BCUT2D eigenvalue weighted by Gasteiger charge is 2.37. The van der Waals surface area contributed by atoms with Gasteiger partial charge in [-0.1, -0.05) is 287 Å². The molecule has 620 valence electrons. The average Bonchev–Trinajstić information content (AvgIpc) is 1.69. The molecule has 0 radical (unpaired) electrons. The van der Waals surface area contributed by atoms with E-state index in [2.05, 4.69) is 416 Å². The highest BCUT2D eigenvalue weighted by molar-refractivity contribution is 6.28. The lowest BCUT2D eigenvalue weighted by atomic mass is 9.73. The third-order valence-electron chi connectivity index (χ3n) is 27.5. The smallest absolute Gasteiger partial charge is 0.147 e. The van der Waals surface area contributed by atoms with Crippen molar-refractivity contribution in [2.75, 3.05) is 4.90 Å². The number of para-hydroxylation sites is 7. The summed E-state index contributed by atoms with van der Waals surface area (Å²) in [6.07, 6.45) is 0. The van der Waals surface area contributed by atoms with Crippen LogP contribution in [-0.4, -0.2) is 9.13 Å². The van der Waals surface area contributed by atoms with Gasteiger partial charge in [0.15, 0.2) is 0 Å². The van der Waals surface area contributed by atoms with E-state index in [4.69, 9.17) is 26.5 Å². The Bertz CT molecular complexity index is 9420. The summed E-state index contributed by atoms with van der Waals surface area (Å²) in [5, 5.41) is 17.9. The van der Waals surface area contributed by atoms with Crippen LogP contribution in [0.2, 0.25) is 0 Å². The highest BCUT2D eigenvalue weighted by atomic mass is 16.4. The number of furan rings is 6. The van der Waals surface area contributed by atoms with Crippen LogP contribution in [0, 0.1) is 0 Å². The first kappa shape index (κ1) is 74.8. The maximum atomic E-state index is 6.52. The number of aromatic nitrogens is 2. The fourth-order valence-corrected chi connectivity index (χ4v) is 21.5. The number of hydrogen-bond donors (Lipinski definition) is 0. The van der Waals surface area contributed by atoms with Crippen molar-refractivity contribution in [3.63, 3.8) is 0 Å². The van der Waals surface area contributed by atoms with Crippen molar-refractivity contribution in [2.45, 2.75) is 19.3 Å². The van der Waals surface area contributed by atoms with Crippen molar-refractivity contribution < 1.29 is 26.5 Å². The van der Waals surface area contributed by atoms with Gasteiger partial charge in [0, 0.05) is 92.5 Å². The second-order valence-electron chi connectivity index (χ2n) is 35.1. The predicted octanol–water partition coefficient (Wildman–Crippen LogP) is 35.1. The first-order chi connectivity index (χ1) is 65.2. The van der Waals surface area contributed by atoms with Gasteiger partial charge < -0.3 is 40.5 Å². The molecule has 9 heterocycles. The molecule has 9 nitrogen and oxygen atoms in total. The van der Waals surface area contributed by atoms with Crippen LogP contribution in [0.4, 0.5) is 17.1 Å². The third-order valence-corrected chi connectivity index (χ3v) is 27.5. The van der Waals surface area contributed by atoms with Gasteiger partial charge in [0.25, 0.3) is 0 Å². The summed E-state index contributed by atoms with van der Waals surface area (Å²) in [5.74, 6) is 0. The normalized spacial score (nSPS) is 12.7. The molecule has 0 saturated carbocycles. The Labute approximate surface area is 755 Å². The fraction of sp³-hybridized carbons (Fsp3) is 0.0244. The van der Waals surface area contributed by atoms with E-state index in [0.717, 1.165) is 182 Å². The molecular formula is C123H77N3O6. The first-order valence-corrected chi connectivity index (χ1v) is 45.0. The molecule has 132 heavy (non-hydrogen) atoms. The molecule has 0 spiro atoms. The zero-order chi connectivity index (χ0) is 87.0. The van der Waals surface area contributed by atoms with Crippen LogP contribution in [-0.2, 0) is 5.41 Å². The second-order valence-corrected chi connectivity index (χ2v) is 35.1. The van der Waals surface area contributed by atoms with Gasteiger partial charge in [-0.15, -0.1) is 0 Å². The Hall–Kier alpha value is -17.4. The van der Waals surface area contributed by atoms with Gasteiger partial charge in [-0.05, 0) is 224 Å². The van der Waals surface area contributed by atoms with E-state index in [1.165, 1.54) is 88.4 Å². The maximum Gasteiger partial charge on any atom is 0.147 e. The van der Waals surface area contributed by atoms with Crippen molar-refractivity contribution in [3.05, 3.63) is 442 Å². The van der Waals surface area contributed by atoms with Crippen LogP contribution in [0.15, 0.2) is 457 Å². The van der Waals surface area contributed by atoms with Crippen LogP contribution in [0.25, 0.3) is 242 Å². The van der Waals surface area contributed by atoms with E-state index >= 15 is 0 Å². The van der Waals surface area contributed by atoms with Gasteiger partial charge in [-0.3, -0.25) is 0 Å². The molecule has 20 aromatic carbocycles. The van der Waals surface area contributed by atoms with E-state index in [1.807, 2.05) is 42.5 Å². The van der Waals surface area contributed by atoms with Crippen LogP contribution in [0.1, 0.15) is 25.0 Å². The zero-order valence-electron chi connectivity index (χ0n) is 71.8. The molecule has 29 rings (SSSR count). The number of fused-ring (bicyclic) bond motifs is 29. The molecular weight excluding hydrogens is 1620 g/mol. The molecule has 0 bridgehead atoms. The topological polar surface area (TPSA) is 91.9 Å². The van der Waals surface area contributed by atoms with Crippen LogP contribution >= 0.6 is 0 Å². The van der Waals surface area contributed by atoms with Gasteiger partial charge in [0.2, 0.25) is 0 Å².